The van der Waals surface area contributed by atoms with Crippen molar-refractivity contribution < 1.29 is 19.4 Å². The van der Waals surface area contributed by atoms with E-state index >= 15 is 0 Å². The lowest BCUT2D eigenvalue weighted by molar-refractivity contribution is -0.154. The van der Waals surface area contributed by atoms with Gasteiger partial charge in [0, 0.05) is 13.0 Å². The highest BCUT2D eigenvalue weighted by atomic mass is 16.6. The van der Waals surface area contributed by atoms with Gasteiger partial charge in [0.15, 0.2) is 0 Å². The van der Waals surface area contributed by atoms with E-state index in [4.69, 9.17) is 9.47 Å². The van der Waals surface area contributed by atoms with Gasteiger partial charge < -0.3 is 14.6 Å². The van der Waals surface area contributed by atoms with Gasteiger partial charge in [-0.3, -0.25) is 4.79 Å². The fraction of sp³-hybridized carbons (Fsp3) is 0.927. The molecule has 4 nitrogen and oxygen atoms in total. The minimum atomic E-state index is -0.526. The largest absolute Gasteiger partial charge is 0.457 e. The molecule has 0 amide bonds. The van der Waals surface area contributed by atoms with Crippen molar-refractivity contribution in [2.24, 2.45) is 0 Å². The van der Waals surface area contributed by atoms with Crippen LogP contribution in [0.25, 0.3) is 0 Å². The molecule has 1 atom stereocenters. The molecule has 4 heteroatoms. The van der Waals surface area contributed by atoms with E-state index in [2.05, 4.69) is 26.0 Å². The molecular weight excluding hydrogens is 556 g/mol. The number of esters is 1. The third kappa shape index (κ3) is 37.5. The molecule has 0 aliphatic heterocycles. The van der Waals surface area contributed by atoms with Crippen molar-refractivity contribution in [1.82, 2.24) is 0 Å². The van der Waals surface area contributed by atoms with E-state index in [0.717, 1.165) is 19.3 Å². The van der Waals surface area contributed by atoms with Crippen LogP contribution in [0.5, 0.6) is 0 Å². The lowest BCUT2D eigenvalue weighted by atomic mass is 10.0. The molecule has 0 aromatic carbocycles. The number of allylic oxidation sites excluding steroid dienone is 2. The maximum Gasteiger partial charge on any atom is 0.306 e. The second-order valence-corrected chi connectivity index (χ2v) is 13.7. The second-order valence-electron chi connectivity index (χ2n) is 13.7. The molecule has 0 bridgehead atoms. The Bertz CT molecular complexity index is 590. The summed E-state index contributed by atoms with van der Waals surface area (Å²) in [5, 5.41) is 9.54. The zero-order valence-corrected chi connectivity index (χ0v) is 30.7. The topological polar surface area (TPSA) is 55.8 Å². The molecule has 0 heterocycles. The highest BCUT2D eigenvalue weighted by Crippen LogP contribution is 2.14. The number of carbonyl (C=O) groups excluding carboxylic acids is 1. The molecule has 0 rings (SSSR count). The van der Waals surface area contributed by atoms with E-state index in [1.807, 2.05) is 0 Å². The van der Waals surface area contributed by atoms with E-state index in [9.17, 15) is 9.90 Å². The SMILES string of the molecule is CCCCCCCCCC/C=C\CCCCCCCCCCCCCCOCC(CO)OC(=O)CCCCCCCCCCC. The number of carbonyl (C=O) groups is 1. The lowest BCUT2D eigenvalue weighted by Gasteiger charge is -2.16. The second kappa shape index (κ2) is 39.3. The summed E-state index contributed by atoms with van der Waals surface area (Å²) in [6, 6.07) is 0. The molecule has 0 saturated carbocycles. The molecule has 45 heavy (non-hydrogen) atoms. The Balaban J connectivity index is 3.33. The van der Waals surface area contributed by atoms with Crippen molar-refractivity contribution in [3.63, 3.8) is 0 Å². The van der Waals surface area contributed by atoms with Crippen molar-refractivity contribution in [3.8, 4) is 0 Å². The molecule has 0 aromatic heterocycles. The summed E-state index contributed by atoms with van der Waals surface area (Å²) < 4.78 is 11.1. The summed E-state index contributed by atoms with van der Waals surface area (Å²) in [7, 11) is 0. The van der Waals surface area contributed by atoms with Gasteiger partial charge in [-0.15, -0.1) is 0 Å². The number of aliphatic hydroxyl groups is 1. The average molecular weight is 637 g/mol. The maximum absolute atomic E-state index is 12.1. The van der Waals surface area contributed by atoms with E-state index in [1.54, 1.807) is 0 Å². The summed E-state index contributed by atoms with van der Waals surface area (Å²) in [6.07, 6.45) is 45.6. The fourth-order valence-electron chi connectivity index (χ4n) is 6.03. The molecule has 0 aliphatic rings. The van der Waals surface area contributed by atoms with Crippen LogP contribution in [0.15, 0.2) is 12.2 Å². The average Bonchev–Trinajstić information content (AvgIpc) is 3.05. The number of hydrogen-bond acceptors (Lipinski definition) is 4. The number of rotatable bonds is 38. The third-order valence-electron chi connectivity index (χ3n) is 9.09. The van der Waals surface area contributed by atoms with Crippen LogP contribution in [0.3, 0.4) is 0 Å². The number of aliphatic hydroxyl groups excluding tert-OH is 1. The van der Waals surface area contributed by atoms with Gasteiger partial charge in [0.25, 0.3) is 0 Å². The van der Waals surface area contributed by atoms with Crippen LogP contribution < -0.4 is 0 Å². The molecular formula is C41H80O4. The van der Waals surface area contributed by atoms with Crippen LogP contribution >= 0.6 is 0 Å². The molecule has 0 spiro atoms. The molecule has 0 aromatic rings. The first-order valence-corrected chi connectivity index (χ1v) is 20.3. The Morgan fingerprint density at radius 1 is 0.511 bits per heavy atom. The van der Waals surface area contributed by atoms with Gasteiger partial charge in [-0.25, -0.2) is 0 Å². The van der Waals surface area contributed by atoms with Crippen molar-refractivity contribution >= 4 is 5.97 Å². The fourth-order valence-corrected chi connectivity index (χ4v) is 6.03. The molecule has 1 N–H and O–H groups in total. The Kier molecular flexibility index (Phi) is 38.5. The van der Waals surface area contributed by atoms with Gasteiger partial charge in [-0.05, 0) is 38.5 Å². The first-order chi connectivity index (χ1) is 22.2. The molecule has 0 saturated heterocycles. The monoisotopic (exact) mass is 637 g/mol. The van der Waals surface area contributed by atoms with Crippen LogP contribution in [0.4, 0.5) is 0 Å². The summed E-state index contributed by atoms with van der Waals surface area (Å²) in [4.78, 5) is 12.1. The Labute approximate surface area is 282 Å². The van der Waals surface area contributed by atoms with E-state index in [0.29, 0.717) is 19.6 Å². The van der Waals surface area contributed by atoms with Crippen molar-refractivity contribution in [2.75, 3.05) is 19.8 Å². The number of ether oxygens (including phenoxy) is 2. The Morgan fingerprint density at radius 2 is 0.867 bits per heavy atom. The van der Waals surface area contributed by atoms with Crippen LogP contribution in [0.1, 0.15) is 219 Å². The van der Waals surface area contributed by atoms with Crippen molar-refractivity contribution in [2.45, 2.75) is 225 Å². The Morgan fingerprint density at radius 3 is 1.27 bits per heavy atom. The predicted molar refractivity (Wildman–Crippen MR) is 196 cm³/mol. The van der Waals surface area contributed by atoms with Crippen LogP contribution in [-0.4, -0.2) is 37.0 Å². The van der Waals surface area contributed by atoms with Gasteiger partial charge in [-0.2, -0.15) is 0 Å². The lowest BCUT2D eigenvalue weighted by Crippen LogP contribution is -2.27. The Hall–Kier alpha value is -0.870. The van der Waals surface area contributed by atoms with Crippen molar-refractivity contribution in [1.29, 1.82) is 0 Å². The minimum absolute atomic E-state index is 0.166. The van der Waals surface area contributed by atoms with Gasteiger partial charge >= 0.3 is 5.97 Å². The summed E-state index contributed by atoms with van der Waals surface area (Å²) in [6.45, 7) is 5.35. The van der Waals surface area contributed by atoms with Gasteiger partial charge in [-0.1, -0.05) is 187 Å². The number of unbranched alkanes of at least 4 members (excludes halogenated alkanes) is 28. The van der Waals surface area contributed by atoms with Crippen LogP contribution in [0, 0.1) is 0 Å². The summed E-state index contributed by atoms with van der Waals surface area (Å²) in [5.74, 6) is -0.201. The van der Waals surface area contributed by atoms with E-state index in [1.165, 1.54) is 180 Å². The highest BCUT2D eigenvalue weighted by molar-refractivity contribution is 5.69. The zero-order chi connectivity index (χ0) is 32.7. The third-order valence-corrected chi connectivity index (χ3v) is 9.09. The van der Waals surface area contributed by atoms with Gasteiger partial charge in [0.2, 0.25) is 0 Å². The molecule has 0 radical (unpaired) electrons. The standard InChI is InChI=1S/C41H80O4/c1-3-5-7-9-11-13-14-15-16-17-18-19-20-21-22-23-24-25-26-27-29-31-33-35-37-44-39-40(38-42)45-41(43)36-34-32-30-28-12-10-8-6-4-2/h17-18,40,42H,3-16,19-39H2,1-2H3/b18-17-. The quantitative estimate of drug-likeness (QED) is 0.0416. The molecule has 0 fully saturated rings. The first kappa shape index (κ1) is 44.1. The molecule has 1 unspecified atom stereocenters. The normalized spacial score (nSPS) is 12.3. The van der Waals surface area contributed by atoms with E-state index < -0.39 is 6.10 Å². The minimum Gasteiger partial charge on any atom is -0.457 e. The number of hydrogen-bond donors (Lipinski definition) is 1. The van der Waals surface area contributed by atoms with Crippen molar-refractivity contribution in [3.05, 3.63) is 12.2 Å². The van der Waals surface area contributed by atoms with Gasteiger partial charge in [0.05, 0.1) is 13.2 Å². The van der Waals surface area contributed by atoms with E-state index in [-0.39, 0.29) is 12.6 Å². The van der Waals surface area contributed by atoms with Gasteiger partial charge in [0.1, 0.15) is 6.10 Å². The van der Waals surface area contributed by atoms with Crippen LogP contribution in [0.2, 0.25) is 0 Å². The van der Waals surface area contributed by atoms with Crippen LogP contribution in [-0.2, 0) is 14.3 Å². The summed E-state index contributed by atoms with van der Waals surface area (Å²) >= 11 is 0. The molecule has 0 aliphatic carbocycles. The highest BCUT2D eigenvalue weighted by Gasteiger charge is 2.13. The maximum atomic E-state index is 12.1. The smallest absolute Gasteiger partial charge is 0.306 e. The molecule has 268 valence electrons. The summed E-state index contributed by atoms with van der Waals surface area (Å²) in [5.41, 5.74) is 0. The first-order valence-electron chi connectivity index (χ1n) is 20.3. The predicted octanol–water partition coefficient (Wildman–Crippen LogP) is 13.0. The zero-order valence-electron chi connectivity index (χ0n) is 30.7.